The lowest BCUT2D eigenvalue weighted by atomic mass is 9.98. The molecule has 4 heterocycles. The molecule has 8 nitrogen and oxygen atoms in total. The molecule has 1 N–H and O–H groups in total. The van der Waals surface area contributed by atoms with Crippen LogP contribution >= 0.6 is 0 Å². The number of nitrogens with zero attached hydrogens (tertiary/aromatic N) is 5. The molecule has 2 fully saturated rings. The van der Waals surface area contributed by atoms with E-state index >= 15 is 0 Å². The molecule has 1 unspecified atom stereocenters. The summed E-state index contributed by atoms with van der Waals surface area (Å²) in [6, 6.07) is 2.47. The number of fused-ring (bicyclic) bond motifs is 2. The highest BCUT2D eigenvalue weighted by molar-refractivity contribution is 5.93. The maximum atomic E-state index is 13.5. The SMILES string of the molecule is Cc1cc(C(F)(F)F)n2nc(C(=O)N3CCCCNC(=O)CC4CCCCN4CCC3)cc2n1. The molecule has 2 aliphatic rings. The number of aromatic nitrogens is 3. The Labute approximate surface area is 196 Å². The van der Waals surface area contributed by atoms with Gasteiger partial charge in [-0.25, -0.2) is 9.50 Å². The highest BCUT2D eigenvalue weighted by atomic mass is 19.4. The molecule has 2 aliphatic heterocycles. The fraction of sp³-hybridized carbons (Fsp3) is 0.652. The Kier molecular flexibility index (Phi) is 7.39. The van der Waals surface area contributed by atoms with Gasteiger partial charge in [-0.3, -0.25) is 14.5 Å². The third kappa shape index (κ3) is 5.68. The van der Waals surface area contributed by atoms with Crippen molar-refractivity contribution in [3.05, 3.63) is 29.2 Å². The number of alkyl halides is 3. The largest absolute Gasteiger partial charge is 0.433 e. The maximum absolute atomic E-state index is 13.5. The summed E-state index contributed by atoms with van der Waals surface area (Å²) in [5, 5.41) is 6.96. The number of nitrogens with one attached hydrogen (secondary N) is 1. The lowest BCUT2D eigenvalue weighted by Crippen LogP contribution is -2.44. The van der Waals surface area contributed by atoms with E-state index in [1.165, 1.54) is 13.0 Å². The minimum absolute atomic E-state index is 0.000359. The predicted octanol–water partition coefficient (Wildman–Crippen LogP) is 3.04. The van der Waals surface area contributed by atoms with Crippen molar-refractivity contribution >= 4 is 17.5 Å². The second-order valence-corrected chi connectivity index (χ2v) is 9.17. The molecule has 186 valence electrons. The monoisotopic (exact) mass is 480 g/mol. The van der Waals surface area contributed by atoms with E-state index in [-0.39, 0.29) is 29.0 Å². The first-order valence-corrected chi connectivity index (χ1v) is 12.0. The first-order chi connectivity index (χ1) is 16.2. The maximum Gasteiger partial charge on any atom is 0.433 e. The van der Waals surface area contributed by atoms with Gasteiger partial charge in [0.25, 0.3) is 5.91 Å². The number of carbonyl (C=O) groups excluding carboxylic acids is 2. The normalized spacial score (nSPS) is 21.8. The van der Waals surface area contributed by atoms with Crippen LogP contribution in [0.4, 0.5) is 13.2 Å². The van der Waals surface area contributed by atoms with E-state index in [0.29, 0.717) is 43.4 Å². The molecule has 11 heteroatoms. The molecule has 4 rings (SSSR count). The number of rotatable bonds is 1. The van der Waals surface area contributed by atoms with Gasteiger partial charge in [0.2, 0.25) is 5.91 Å². The van der Waals surface area contributed by atoms with Crippen LogP contribution in [0.2, 0.25) is 0 Å². The Hall–Kier alpha value is -2.69. The Morgan fingerprint density at radius 3 is 2.59 bits per heavy atom. The molecule has 0 radical (unpaired) electrons. The Balaban J connectivity index is 1.54. The van der Waals surface area contributed by atoms with Crippen molar-refractivity contribution in [2.24, 2.45) is 0 Å². The number of hydrogen-bond acceptors (Lipinski definition) is 5. The van der Waals surface area contributed by atoms with Crippen LogP contribution in [0.1, 0.15) is 66.8 Å². The minimum Gasteiger partial charge on any atom is -0.356 e. The molecular weight excluding hydrogens is 449 g/mol. The molecule has 0 aliphatic carbocycles. The quantitative estimate of drug-likeness (QED) is 0.679. The molecule has 34 heavy (non-hydrogen) atoms. The van der Waals surface area contributed by atoms with Gasteiger partial charge in [-0.1, -0.05) is 6.42 Å². The van der Waals surface area contributed by atoms with Crippen molar-refractivity contribution in [3.8, 4) is 0 Å². The molecule has 0 aromatic carbocycles. The van der Waals surface area contributed by atoms with Crippen molar-refractivity contribution in [1.82, 2.24) is 29.7 Å². The molecule has 1 atom stereocenters. The summed E-state index contributed by atoms with van der Waals surface area (Å²) in [5.41, 5.74) is -0.789. The van der Waals surface area contributed by atoms with Gasteiger partial charge in [-0.15, -0.1) is 0 Å². The van der Waals surface area contributed by atoms with Gasteiger partial charge in [0.1, 0.15) is 5.69 Å². The van der Waals surface area contributed by atoms with Crippen LogP contribution < -0.4 is 5.32 Å². The highest BCUT2D eigenvalue weighted by Gasteiger charge is 2.35. The number of hydrogen-bond donors (Lipinski definition) is 1. The van der Waals surface area contributed by atoms with Gasteiger partial charge >= 0.3 is 6.18 Å². The van der Waals surface area contributed by atoms with E-state index in [1.807, 2.05) is 0 Å². The van der Waals surface area contributed by atoms with Gasteiger partial charge in [0.15, 0.2) is 11.3 Å². The van der Waals surface area contributed by atoms with E-state index in [0.717, 1.165) is 44.8 Å². The molecule has 2 saturated heterocycles. The number of piperidine rings is 1. The standard InChI is InChI=1S/C23H31F3N6O2/c1-16-13-19(23(24,25)26)32-20(28-16)15-18(29-32)22(34)31-10-5-3-8-27-21(33)14-17-7-2-4-9-30(17)11-6-12-31/h13,15,17H,2-12,14H2,1H3,(H,27,33). The molecule has 2 amide bonds. The van der Waals surface area contributed by atoms with Crippen LogP contribution in [-0.2, 0) is 11.0 Å². The van der Waals surface area contributed by atoms with Crippen LogP contribution in [0.5, 0.6) is 0 Å². The zero-order valence-corrected chi connectivity index (χ0v) is 19.4. The summed E-state index contributed by atoms with van der Waals surface area (Å²) in [6.45, 7) is 4.66. The fourth-order valence-electron chi connectivity index (χ4n) is 4.88. The smallest absolute Gasteiger partial charge is 0.356 e. The summed E-state index contributed by atoms with van der Waals surface area (Å²) in [5.74, 6) is -0.331. The molecule has 0 saturated carbocycles. The summed E-state index contributed by atoms with van der Waals surface area (Å²) in [7, 11) is 0. The van der Waals surface area contributed by atoms with Crippen LogP contribution in [0, 0.1) is 6.92 Å². The summed E-state index contributed by atoms with van der Waals surface area (Å²) < 4.78 is 41.2. The van der Waals surface area contributed by atoms with E-state index in [9.17, 15) is 22.8 Å². The lowest BCUT2D eigenvalue weighted by Gasteiger charge is -2.35. The van der Waals surface area contributed by atoms with Crippen molar-refractivity contribution < 1.29 is 22.8 Å². The van der Waals surface area contributed by atoms with E-state index in [1.54, 1.807) is 4.90 Å². The number of carbonyl (C=O) groups is 2. The molecule has 2 aromatic rings. The minimum atomic E-state index is -4.61. The molecular formula is C23H31F3N6O2. The van der Waals surface area contributed by atoms with Gasteiger partial charge in [0, 0.05) is 50.4 Å². The zero-order chi connectivity index (χ0) is 24.3. The molecule has 0 spiro atoms. The first kappa shape index (κ1) is 24.4. The molecule has 0 bridgehead atoms. The van der Waals surface area contributed by atoms with Gasteiger partial charge in [-0.2, -0.15) is 18.3 Å². The number of aryl methyl sites for hydroxylation is 1. The Bertz CT molecular complexity index is 1040. The van der Waals surface area contributed by atoms with Gasteiger partial charge in [0.05, 0.1) is 0 Å². The Morgan fingerprint density at radius 1 is 1.06 bits per heavy atom. The van der Waals surface area contributed by atoms with E-state index in [4.69, 9.17) is 0 Å². The fourth-order valence-corrected chi connectivity index (χ4v) is 4.88. The average Bonchev–Trinajstić information content (AvgIpc) is 3.20. The van der Waals surface area contributed by atoms with Crippen LogP contribution in [0.25, 0.3) is 5.65 Å². The average molecular weight is 481 g/mol. The van der Waals surface area contributed by atoms with Crippen LogP contribution in [-0.4, -0.2) is 75.0 Å². The summed E-state index contributed by atoms with van der Waals surface area (Å²) >= 11 is 0. The van der Waals surface area contributed by atoms with Crippen molar-refractivity contribution in [3.63, 3.8) is 0 Å². The third-order valence-corrected chi connectivity index (χ3v) is 6.57. The van der Waals surface area contributed by atoms with Gasteiger partial charge in [-0.05, 0) is 51.6 Å². The van der Waals surface area contributed by atoms with Crippen molar-refractivity contribution in [2.75, 3.05) is 32.7 Å². The van der Waals surface area contributed by atoms with Crippen molar-refractivity contribution in [1.29, 1.82) is 0 Å². The lowest BCUT2D eigenvalue weighted by molar-refractivity contribution is -0.142. The number of halogens is 3. The second-order valence-electron chi connectivity index (χ2n) is 9.17. The second kappa shape index (κ2) is 10.3. The Morgan fingerprint density at radius 2 is 1.79 bits per heavy atom. The number of amides is 2. The van der Waals surface area contributed by atoms with Gasteiger partial charge < -0.3 is 10.2 Å². The third-order valence-electron chi connectivity index (χ3n) is 6.57. The summed E-state index contributed by atoms with van der Waals surface area (Å²) in [6.07, 6.45) is 1.20. The molecule has 2 aromatic heterocycles. The predicted molar refractivity (Wildman–Crippen MR) is 119 cm³/mol. The van der Waals surface area contributed by atoms with Crippen LogP contribution in [0.15, 0.2) is 12.1 Å². The highest BCUT2D eigenvalue weighted by Crippen LogP contribution is 2.30. The summed E-state index contributed by atoms with van der Waals surface area (Å²) in [4.78, 5) is 33.7. The van der Waals surface area contributed by atoms with Crippen molar-refractivity contribution in [2.45, 2.75) is 64.1 Å². The zero-order valence-electron chi connectivity index (χ0n) is 19.4. The topological polar surface area (TPSA) is 82.8 Å². The first-order valence-electron chi connectivity index (χ1n) is 12.0. The van der Waals surface area contributed by atoms with Crippen LogP contribution in [0.3, 0.4) is 0 Å². The van der Waals surface area contributed by atoms with E-state index in [2.05, 4.69) is 20.3 Å². The van der Waals surface area contributed by atoms with E-state index < -0.39 is 17.8 Å².